The molecular weight excluding hydrogens is 359 g/mol. The number of carboxylic acid groups (broad SMARTS) is 1. The summed E-state index contributed by atoms with van der Waals surface area (Å²) in [5.74, 6) is -0.357. The normalized spacial score (nSPS) is 18.9. The highest BCUT2D eigenvalue weighted by molar-refractivity contribution is 5.85. The maximum absolute atomic E-state index is 12.3. The first-order valence-corrected chi connectivity index (χ1v) is 8.05. The minimum Gasteiger partial charge on any atom is -0.484 e. The number of carboxylic acids is 1. The second kappa shape index (κ2) is 9.87. The highest BCUT2D eigenvalue weighted by Gasteiger charge is 2.29. The van der Waals surface area contributed by atoms with Crippen molar-refractivity contribution >= 4 is 18.4 Å². The molecule has 0 bridgehead atoms. The van der Waals surface area contributed by atoms with Gasteiger partial charge in [0, 0.05) is 18.5 Å². The zero-order valence-electron chi connectivity index (χ0n) is 13.8. The molecule has 1 aromatic rings. The Hall–Kier alpha value is -1.47. The minimum atomic E-state index is -4.36. The molecule has 1 saturated heterocycles. The fourth-order valence-corrected chi connectivity index (χ4v) is 3.01. The van der Waals surface area contributed by atoms with Crippen molar-refractivity contribution in [2.24, 2.45) is 5.92 Å². The van der Waals surface area contributed by atoms with Gasteiger partial charge in [0.1, 0.15) is 5.75 Å². The molecule has 1 heterocycles. The molecule has 8 heteroatoms. The summed E-state index contributed by atoms with van der Waals surface area (Å²) in [5, 5.41) is 8.90. The summed E-state index contributed by atoms with van der Waals surface area (Å²) in [5.41, 5.74) is 0.721. The average molecular weight is 382 g/mol. The van der Waals surface area contributed by atoms with Gasteiger partial charge >= 0.3 is 12.1 Å². The van der Waals surface area contributed by atoms with E-state index in [9.17, 15) is 18.0 Å². The third kappa shape index (κ3) is 7.96. The van der Waals surface area contributed by atoms with Crippen LogP contribution in [-0.2, 0) is 11.3 Å². The van der Waals surface area contributed by atoms with E-state index in [1.165, 1.54) is 0 Å². The first-order valence-electron chi connectivity index (χ1n) is 8.05. The topological polar surface area (TPSA) is 49.8 Å². The number of hydrogen-bond donors (Lipinski definition) is 1. The smallest absolute Gasteiger partial charge is 0.422 e. The van der Waals surface area contributed by atoms with Crippen LogP contribution in [0.3, 0.4) is 0 Å². The van der Waals surface area contributed by atoms with Gasteiger partial charge in [-0.2, -0.15) is 13.2 Å². The maximum Gasteiger partial charge on any atom is 0.422 e. The Balaban J connectivity index is 0.00000312. The quantitative estimate of drug-likeness (QED) is 0.805. The average Bonchev–Trinajstić information content (AvgIpc) is 2.70. The van der Waals surface area contributed by atoms with Crippen molar-refractivity contribution in [3.8, 4) is 5.75 Å². The minimum absolute atomic E-state index is 0. The van der Waals surface area contributed by atoms with Crippen LogP contribution in [0.15, 0.2) is 24.3 Å². The van der Waals surface area contributed by atoms with Gasteiger partial charge < -0.3 is 9.84 Å². The van der Waals surface area contributed by atoms with E-state index in [2.05, 4.69) is 4.90 Å². The predicted octanol–water partition coefficient (Wildman–Crippen LogP) is 4.13. The number of para-hydroxylation sites is 1. The number of hydrogen-bond acceptors (Lipinski definition) is 3. The standard InChI is InChI=1S/C17H22F3NO3.ClH/c18-17(19,20)12-24-15-6-2-1-5-14(15)11-21-8-3-4-13(7-9-21)10-16(22)23;/h1-2,5-6,13H,3-4,7-12H2,(H,22,23);1H. The van der Waals surface area contributed by atoms with Crippen LogP contribution < -0.4 is 4.74 Å². The van der Waals surface area contributed by atoms with E-state index in [1.807, 2.05) is 0 Å². The van der Waals surface area contributed by atoms with E-state index in [4.69, 9.17) is 9.84 Å². The van der Waals surface area contributed by atoms with Crippen LogP contribution in [0.1, 0.15) is 31.2 Å². The zero-order chi connectivity index (χ0) is 17.6. The number of carbonyl (C=O) groups is 1. The van der Waals surface area contributed by atoms with Crippen molar-refractivity contribution in [3.05, 3.63) is 29.8 Å². The van der Waals surface area contributed by atoms with Gasteiger partial charge in [-0.25, -0.2) is 0 Å². The van der Waals surface area contributed by atoms with Crippen molar-refractivity contribution in [1.82, 2.24) is 4.90 Å². The van der Waals surface area contributed by atoms with Crippen LogP contribution in [0.2, 0.25) is 0 Å². The molecule has 1 aliphatic rings. The Kier molecular flexibility index (Phi) is 8.52. The number of rotatable bonds is 6. The molecule has 0 aromatic heterocycles. The molecule has 142 valence electrons. The lowest BCUT2D eigenvalue weighted by atomic mass is 9.97. The molecule has 0 aliphatic carbocycles. The molecule has 0 spiro atoms. The summed E-state index contributed by atoms with van der Waals surface area (Å²) in [6, 6.07) is 6.75. The SMILES string of the molecule is Cl.O=C(O)CC1CCCN(Cc2ccccc2OCC(F)(F)F)CC1. The molecule has 1 unspecified atom stereocenters. The lowest BCUT2D eigenvalue weighted by molar-refractivity contribution is -0.153. The molecule has 25 heavy (non-hydrogen) atoms. The molecule has 1 fully saturated rings. The molecule has 0 radical (unpaired) electrons. The Labute approximate surface area is 151 Å². The summed E-state index contributed by atoms with van der Waals surface area (Å²) in [6.45, 7) is 0.758. The van der Waals surface area contributed by atoms with Gasteiger partial charge in [-0.3, -0.25) is 9.69 Å². The second-order valence-electron chi connectivity index (χ2n) is 6.18. The Morgan fingerprint density at radius 2 is 1.96 bits per heavy atom. The molecule has 2 rings (SSSR count). The number of likely N-dealkylation sites (tertiary alicyclic amines) is 1. The second-order valence-corrected chi connectivity index (χ2v) is 6.18. The summed E-state index contributed by atoms with van der Waals surface area (Å²) < 4.78 is 42.0. The van der Waals surface area contributed by atoms with Gasteiger partial charge in [0.15, 0.2) is 6.61 Å². The zero-order valence-corrected chi connectivity index (χ0v) is 14.6. The van der Waals surface area contributed by atoms with Crippen molar-refractivity contribution < 1.29 is 27.8 Å². The molecule has 4 nitrogen and oxygen atoms in total. The maximum atomic E-state index is 12.3. The lowest BCUT2D eigenvalue weighted by Crippen LogP contribution is -2.25. The summed E-state index contributed by atoms with van der Waals surface area (Å²) in [7, 11) is 0. The molecule has 0 amide bonds. The van der Waals surface area contributed by atoms with Gasteiger partial charge in [0.05, 0.1) is 0 Å². The lowest BCUT2D eigenvalue weighted by Gasteiger charge is -2.22. The van der Waals surface area contributed by atoms with E-state index in [0.29, 0.717) is 6.54 Å². The van der Waals surface area contributed by atoms with Crippen molar-refractivity contribution in [3.63, 3.8) is 0 Å². The van der Waals surface area contributed by atoms with E-state index >= 15 is 0 Å². The third-order valence-electron chi connectivity index (χ3n) is 4.16. The van der Waals surface area contributed by atoms with E-state index < -0.39 is 18.8 Å². The van der Waals surface area contributed by atoms with Crippen LogP contribution in [0.4, 0.5) is 13.2 Å². The number of alkyl halides is 3. The molecule has 1 N–H and O–H groups in total. The fourth-order valence-electron chi connectivity index (χ4n) is 3.01. The Morgan fingerprint density at radius 3 is 2.64 bits per heavy atom. The summed E-state index contributed by atoms with van der Waals surface area (Å²) in [6.07, 6.45) is -1.63. The van der Waals surface area contributed by atoms with Gasteiger partial charge in [-0.1, -0.05) is 18.2 Å². The number of ether oxygens (including phenoxy) is 1. The van der Waals surface area contributed by atoms with Gasteiger partial charge in [-0.15, -0.1) is 12.4 Å². The number of nitrogens with zero attached hydrogens (tertiary/aromatic N) is 1. The van der Waals surface area contributed by atoms with Crippen LogP contribution >= 0.6 is 12.4 Å². The fraction of sp³-hybridized carbons (Fsp3) is 0.588. The molecule has 1 atom stereocenters. The van der Waals surface area contributed by atoms with E-state index in [-0.39, 0.29) is 30.5 Å². The highest BCUT2D eigenvalue weighted by Crippen LogP contribution is 2.26. The van der Waals surface area contributed by atoms with Crippen LogP contribution in [0, 0.1) is 5.92 Å². The van der Waals surface area contributed by atoms with Crippen LogP contribution in [-0.4, -0.2) is 41.8 Å². The molecular formula is C17H23ClF3NO3. The van der Waals surface area contributed by atoms with Crippen molar-refractivity contribution in [2.75, 3.05) is 19.7 Å². The summed E-state index contributed by atoms with van der Waals surface area (Å²) in [4.78, 5) is 13.0. The Bertz CT molecular complexity index is 554. The number of halogens is 4. The van der Waals surface area contributed by atoms with Crippen molar-refractivity contribution in [2.45, 2.75) is 38.4 Å². The number of aliphatic carboxylic acids is 1. The summed E-state index contributed by atoms with van der Waals surface area (Å²) >= 11 is 0. The third-order valence-corrected chi connectivity index (χ3v) is 4.16. The first kappa shape index (κ1) is 21.6. The molecule has 1 aromatic carbocycles. The van der Waals surface area contributed by atoms with E-state index in [0.717, 1.165) is 37.9 Å². The number of benzene rings is 1. The molecule has 0 saturated carbocycles. The van der Waals surface area contributed by atoms with Gasteiger partial charge in [-0.05, 0) is 44.3 Å². The monoisotopic (exact) mass is 381 g/mol. The van der Waals surface area contributed by atoms with Crippen molar-refractivity contribution in [1.29, 1.82) is 0 Å². The molecule has 1 aliphatic heterocycles. The Morgan fingerprint density at radius 1 is 1.24 bits per heavy atom. The van der Waals surface area contributed by atoms with Gasteiger partial charge in [0.25, 0.3) is 0 Å². The van der Waals surface area contributed by atoms with Crippen LogP contribution in [0.5, 0.6) is 5.75 Å². The highest BCUT2D eigenvalue weighted by atomic mass is 35.5. The predicted molar refractivity (Wildman–Crippen MR) is 90.1 cm³/mol. The van der Waals surface area contributed by atoms with Gasteiger partial charge in [0.2, 0.25) is 0 Å². The van der Waals surface area contributed by atoms with Crippen LogP contribution in [0.25, 0.3) is 0 Å². The van der Waals surface area contributed by atoms with E-state index in [1.54, 1.807) is 24.3 Å². The first-order chi connectivity index (χ1) is 11.3. The largest absolute Gasteiger partial charge is 0.484 e.